The predicted octanol–water partition coefficient (Wildman–Crippen LogP) is 6.64. The molecule has 1 aliphatic heterocycles. The van der Waals surface area contributed by atoms with Gasteiger partial charge in [-0.1, -0.05) is 33.3 Å². The van der Waals surface area contributed by atoms with Crippen molar-refractivity contribution in [1.82, 2.24) is 4.90 Å². The number of aliphatic carboxylic acids is 1. The average Bonchev–Trinajstić information content (AvgIpc) is 3.70. The van der Waals surface area contributed by atoms with Gasteiger partial charge in [-0.2, -0.15) is 0 Å². The molecule has 1 saturated heterocycles. The smallest absolute Gasteiger partial charge is 0.481 e. The number of carboxylic acid groups (broad SMARTS) is 1. The number of aryl methyl sites for hydroxylation is 1. The average molecular weight is 724 g/mol. The maximum absolute atomic E-state index is 15.0. The summed E-state index contributed by atoms with van der Waals surface area (Å²) in [5, 5.41) is 10.3. The lowest BCUT2D eigenvalue weighted by Gasteiger charge is -2.70. The molecule has 11 nitrogen and oxygen atoms in total. The molecule has 0 amide bonds. The number of esters is 2. The van der Waals surface area contributed by atoms with Crippen LogP contribution in [0.4, 0.5) is 0 Å². The first-order valence-electron chi connectivity index (χ1n) is 19.4. The van der Waals surface area contributed by atoms with E-state index in [0.29, 0.717) is 45.1 Å². The van der Waals surface area contributed by atoms with Crippen molar-refractivity contribution in [3.63, 3.8) is 0 Å². The first-order chi connectivity index (χ1) is 24.3. The lowest BCUT2D eigenvalue weighted by atomic mass is 9.33. The van der Waals surface area contributed by atoms with Crippen LogP contribution in [0.25, 0.3) is 0 Å². The van der Waals surface area contributed by atoms with E-state index in [1.807, 2.05) is 19.9 Å². The summed E-state index contributed by atoms with van der Waals surface area (Å²) in [4.78, 5) is 69.3. The van der Waals surface area contributed by atoms with Crippen molar-refractivity contribution in [3.8, 4) is 0 Å². The Kier molecular flexibility index (Phi) is 8.67. The highest BCUT2D eigenvalue weighted by molar-refractivity contribution is 5.96. The molecule has 7 rings (SSSR count). The number of carboxylic acids is 1. The summed E-state index contributed by atoms with van der Waals surface area (Å²) in [5.41, 5.74) is -2.13. The first kappa shape index (κ1) is 37.1. The van der Waals surface area contributed by atoms with Crippen molar-refractivity contribution in [2.75, 3.05) is 13.7 Å². The molecule has 286 valence electrons. The molecule has 0 aromatic carbocycles. The summed E-state index contributed by atoms with van der Waals surface area (Å²) in [6, 6.07) is -0.808. The number of fused-ring (bicyclic) bond motifs is 7. The van der Waals surface area contributed by atoms with Crippen LogP contribution in [0.3, 0.4) is 0 Å². The minimum atomic E-state index is -1.11. The maximum Gasteiger partial charge on any atom is 0.519 e. The zero-order chi connectivity index (χ0) is 37.8. The van der Waals surface area contributed by atoms with Crippen LogP contribution >= 0.6 is 0 Å². The Hall–Kier alpha value is -3.21. The van der Waals surface area contributed by atoms with Crippen molar-refractivity contribution < 1.29 is 42.6 Å². The van der Waals surface area contributed by atoms with E-state index in [9.17, 15) is 29.1 Å². The highest BCUT2D eigenvalue weighted by atomic mass is 16.6. The van der Waals surface area contributed by atoms with Crippen LogP contribution in [0.2, 0.25) is 0 Å². The van der Waals surface area contributed by atoms with Gasteiger partial charge in [0.05, 0.1) is 17.9 Å². The van der Waals surface area contributed by atoms with Crippen LogP contribution in [0.15, 0.2) is 25.3 Å². The molecule has 0 spiro atoms. The Morgan fingerprint density at radius 2 is 1.65 bits per heavy atom. The lowest BCUT2D eigenvalue weighted by molar-refractivity contribution is -0.213. The van der Waals surface area contributed by atoms with Crippen molar-refractivity contribution in [2.24, 2.45) is 50.2 Å². The third-order valence-electron chi connectivity index (χ3n) is 16.5. The third kappa shape index (κ3) is 5.02. The van der Waals surface area contributed by atoms with E-state index in [2.05, 4.69) is 32.6 Å². The number of nitrogens with zero attached hydrogens (tertiary/aromatic N) is 1. The van der Waals surface area contributed by atoms with Gasteiger partial charge in [-0.3, -0.25) is 24.1 Å². The van der Waals surface area contributed by atoms with E-state index in [4.69, 9.17) is 18.3 Å². The lowest BCUT2D eigenvalue weighted by Crippen LogP contribution is -2.70. The second-order valence-corrected chi connectivity index (χ2v) is 18.8. The van der Waals surface area contributed by atoms with Gasteiger partial charge in [-0.05, 0) is 138 Å². The molecule has 52 heavy (non-hydrogen) atoms. The number of ether oxygens (including phenoxy) is 2. The SMILES string of the molecule is COC(=O)[C@@H]1CCCN1[C@H]1CC[C@@]2(C)C(CC[C@]3(C)[C@@H]2C(=O)C=C2[C@@H]4C[C@@](C)(C(=O)O)CC[C@]4(C)CC[C@]23C)[C@]1(C)C(=O)OCc1oc(=O)oc1C. The van der Waals surface area contributed by atoms with E-state index in [0.717, 1.165) is 37.7 Å². The Balaban J connectivity index is 1.29. The predicted molar refractivity (Wildman–Crippen MR) is 189 cm³/mol. The molecule has 0 bridgehead atoms. The molecule has 4 saturated carbocycles. The number of ketones is 1. The summed E-state index contributed by atoms with van der Waals surface area (Å²) in [7, 11) is 1.40. The minimum absolute atomic E-state index is 0.0150. The number of allylic oxidation sites excluding steroid dienone is 2. The normalized spacial score (nSPS) is 44.4. The molecule has 0 radical (unpaired) electrons. The van der Waals surface area contributed by atoms with Crippen LogP contribution in [0, 0.1) is 57.2 Å². The molecule has 11 atom stereocenters. The van der Waals surface area contributed by atoms with Gasteiger partial charge in [-0.25, -0.2) is 4.79 Å². The molecule has 1 unspecified atom stereocenters. The Labute approximate surface area is 306 Å². The van der Waals surface area contributed by atoms with Crippen LogP contribution in [0.1, 0.15) is 124 Å². The number of likely N-dealkylation sites (tertiary alicyclic amines) is 1. The van der Waals surface area contributed by atoms with Crippen LogP contribution in [-0.2, 0) is 35.3 Å². The fraction of sp³-hybridized carbons (Fsp3) is 0.780. The monoisotopic (exact) mass is 723 g/mol. The van der Waals surface area contributed by atoms with Gasteiger partial charge in [0.2, 0.25) is 0 Å². The zero-order valence-corrected chi connectivity index (χ0v) is 32.2. The third-order valence-corrected chi connectivity index (χ3v) is 16.5. The van der Waals surface area contributed by atoms with Crippen molar-refractivity contribution in [3.05, 3.63) is 33.8 Å². The minimum Gasteiger partial charge on any atom is -0.481 e. The summed E-state index contributed by atoms with van der Waals surface area (Å²) < 4.78 is 21.5. The summed E-state index contributed by atoms with van der Waals surface area (Å²) in [6.07, 6.45) is 10.00. The molecule has 11 heteroatoms. The number of hydrogen-bond acceptors (Lipinski definition) is 10. The number of rotatable bonds is 6. The quantitative estimate of drug-likeness (QED) is 0.315. The molecular weight excluding hydrogens is 666 g/mol. The maximum atomic E-state index is 15.0. The van der Waals surface area contributed by atoms with Gasteiger partial charge in [0.1, 0.15) is 6.04 Å². The van der Waals surface area contributed by atoms with Gasteiger partial charge in [0.25, 0.3) is 0 Å². The molecule has 5 aliphatic carbocycles. The summed E-state index contributed by atoms with van der Waals surface area (Å²) in [6.45, 7) is 14.9. The Morgan fingerprint density at radius 3 is 2.31 bits per heavy atom. The summed E-state index contributed by atoms with van der Waals surface area (Å²) >= 11 is 0. The van der Waals surface area contributed by atoms with E-state index in [1.54, 1.807) is 6.92 Å². The van der Waals surface area contributed by atoms with Crippen LogP contribution < -0.4 is 5.82 Å². The van der Waals surface area contributed by atoms with Gasteiger partial charge >= 0.3 is 23.7 Å². The largest absolute Gasteiger partial charge is 0.519 e. The number of carbonyl (C=O) groups is 4. The highest BCUT2D eigenvalue weighted by Gasteiger charge is 2.72. The molecule has 6 aliphatic rings. The van der Waals surface area contributed by atoms with E-state index < -0.39 is 45.5 Å². The first-order valence-corrected chi connectivity index (χ1v) is 19.4. The number of carbonyl (C=O) groups excluding carboxylic acids is 3. The molecule has 1 aromatic heterocycles. The second kappa shape index (κ2) is 12.2. The van der Waals surface area contributed by atoms with Crippen molar-refractivity contribution in [1.29, 1.82) is 0 Å². The highest BCUT2D eigenvalue weighted by Crippen LogP contribution is 2.75. The van der Waals surface area contributed by atoms with Crippen LogP contribution in [-0.4, -0.2) is 59.4 Å². The molecule has 5 fully saturated rings. The topological polar surface area (TPSA) is 154 Å². The zero-order valence-electron chi connectivity index (χ0n) is 32.2. The number of methoxy groups -OCH3 is 1. The van der Waals surface area contributed by atoms with Crippen molar-refractivity contribution >= 4 is 23.7 Å². The fourth-order valence-electron chi connectivity index (χ4n) is 13.2. The molecule has 2 heterocycles. The molecular formula is C41H57NO10. The van der Waals surface area contributed by atoms with Gasteiger partial charge in [0.15, 0.2) is 23.9 Å². The van der Waals surface area contributed by atoms with Gasteiger partial charge < -0.3 is 23.4 Å². The van der Waals surface area contributed by atoms with E-state index in [-0.39, 0.29) is 64.5 Å². The fourth-order valence-corrected chi connectivity index (χ4v) is 13.2. The molecule has 1 aromatic rings. The summed E-state index contributed by atoms with van der Waals surface area (Å²) in [5.74, 6) is -2.47. The second-order valence-electron chi connectivity index (χ2n) is 18.8. The Bertz CT molecular complexity index is 1780. The van der Waals surface area contributed by atoms with Crippen LogP contribution in [0.5, 0.6) is 0 Å². The van der Waals surface area contributed by atoms with Gasteiger partial charge in [0, 0.05) is 12.0 Å². The number of hydrogen-bond donors (Lipinski definition) is 1. The molecule has 1 N–H and O–H groups in total. The standard InChI is InChI=1S/C41H57NO10/c1-23-28(52-35(48)51-23)22-50-34(47)41(7)29-11-14-40(6)31(38(29,4)13-12-30(41)42-19-9-10-26(42)32(44)49-8)27(43)20-24-25-21-37(3,33(45)46)16-15-36(25,2)17-18-39(24,40)5/h20,25-26,29-31H,9-19,21-22H2,1-8H3,(H,45,46)/t25-,26-,29?,30-,31+,36+,37-,38-,39+,40+,41-/m0/s1. The Morgan fingerprint density at radius 1 is 0.942 bits per heavy atom. The van der Waals surface area contributed by atoms with E-state index in [1.165, 1.54) is 7.11 Å². The van der Waals surface area contributed by atoms with Crippen molar-refractivity contribution in [2.45, 2.75) is 138 Å². The van der Waals surface area contributed by atoms with E-state index >= 15 is 0 Å². The van der Waals surface area contributed by atoms with Gasteiger partial charge in [-0.15, -0.1) is 0 Å².